The number of hydrogen-bond donors (Lipinski definition) is 3. The van der Waals surface area contributed by atoms with Crippen LogP contribution in [0.15, 0.2) is 6.07 Å². The average molecular weight is 296 g/mol. The van der Waals surface area contributed by atoms with E-state index < -0.39 is 0 Å². The van der Waals surface area contributed by atoms with Gasteiger partial charge in [0, 0.05) is 25.0 Å². The maximum absolute atomic E-state index is 9.19. The molecule has 0 aliphatic rings. The van der Waals surface area contributed by atoms with Gasteiger partial charge in [-0.2, -0.15) is 4.98 Å². The maximum Gasteiger partial charge on any atom is 0.225 e. The Hall–Kier alpha value is -1.44. The summed E-state index contributed by atoms with van der Waals surface area (Å²) in [6.45, 7) is 3.02. The summed E-state index contributed by atoms with van der Waals surface area (Å²) in [6.07, 6.45) is 0.954. The van der Waals surface area contributed by atoms with Crippen molar-refractivity contribution in [1.29, 1.82) is 0 Å². The van der Waals surface area contributed by atoms with Gasteiger partial charge in [-0.3, -0.25) is 0 Å². The molecule has 0 saturated heterocycles. The number of aryl methyl sites for hydroxylation is 1. The number of aromatic nitrogens is 2. The molecular weight excluding hydrogens is 276 g/mol. The van der Waals surface area contributed by atoms with Crippen LogP contribution in [0.3, 0.4) is 0 Å². The van der Waals surface area contributed by atoms with Crippen LogP contribution in [0.2, 0.25) is 0 Å². The second-order valence-electron chi connectivity index (χ2n) is 4.34. The first-order valence-corrected chi connectivity index (χ1v) is 7.50. The quantitative estimate of drug-likeness (QED) is 0.709. The molecule has 7 heteroatoms. The van der Waals surface area contributed by atoms with Crippen LogP contribution in [0.1, 0.15) is 11.8 Å². The van der Waals surface area contributed by atoms with Crippen molar-refractivity contribution in [3.63, 3.8) is 0 Å². The fourth-order valence-electron chi connectivity index (χ4n) is 2.05. The van der Waals surface area contributed by atoms with Gasteiger partial charge in [0.15, 0.2) is 0 Å². The summed E-state index contributed by atoms with van der Waals surface area (Å²) >= 11 is 1.65. The van der Waals surface area contributed by atoms with Gasteiger partial charge >= 0.3 is 0 Å². The van der Waals surface area contributed by atoms with Gasteiger partial charge < -0.3 is 20.4 Å². The number of rotatable bonds is 7. The number of aliphatic hydroxyl groups is 2. The summed E-state index contributed by atoms with van der Waals surface area (Å²) in [5, 5.41) is 22.3. The van der Waals surface area contributed by atoms with Crippen LogP contribution in [0.25, 0.3) is 10.2 Å². The molecule has 110 valence electrons. The van der Waals surface area contributed by atoms with E-state index in [0.717, 1.165) is 22.5 Å². The Kier molecular flexibility index (Phi) is 5.11. The molecule has 0 bridgehead atoms. The minimum atomic E-state index is 0.0190. The Morgan fingerprint density at radius 3 is 2.50 bits per heavy atom. The third-order valence-corrected chi connectivity index (χ3v) is 4.21. The molecule has 0 aliphatic heterocycles. The molecule has 0 aliphatic carbocycles. The Labute approximate surface area is 122 Å². The van der Waals surface area contributed by atoms with Gasteiger partial charge in [-0.05, 0) is 12.5 Å². The molecule has 0 spiro atoms. The minimum absolute atomic E-state index is 0.0190. The lowest BCUT2D eigenvalue weighted by Crippen LogP contribution is -2.30. The van der Waals surface area contributed by atoms with Crippen molar-refractivity contribution in [3.05, 3.63) is 10.9 Å². The van der Waals surface area contributed by atoms with Gasteiger partial charge in [0.05, 0.1) is 18.6 Å². The van der Waals surface area contributed by atoms with Gasteiger partial charge in [0.2, 0.25) is 5.95 Å². The lowest BCUT2D eigenvalue weighted by atomic mass is 10.3. The van der Waals surface area contributed by atoms with Gasteiger partial charge in [-0.1, -0.05) is 6.92 Å². The van der Waals surface area contributed by atoms with Crippen molar-refractivity contribution in [3.8, 4) is 0 Å². The van der Waals surface area contributed by atoms with E-state index in [1.165, 1.54) is 4.88 Å². The summed E-state index contributed by atoms with van der Waals surface area (Å²) in [7, 11) is 1.78. The molecule has 0 fully saturated rings. The van der Waals surface area contributed by atoms with E-state index in [9.17, 15) is 10.2 Å². The minimum Gasteiger partial charge on any atom is -0.395 e. The van der Waals surface area contributed by atoms with Gasteiger partial charge in [0.1, 0.15) is 10.6 Å². The van der Waals surface area contributed by atoms with Crippen LogP contribution in [0.5, 0.6) is 0 Å². The average Bonchev–Trinajstić information content (AvgIpc) is 2.89. The van der Waals surface area contributed by atoms with Crippen molar-refractivity contribution in [1.82, 2.24) is 9.97 Å². The molecule has 3 N–H and O–H groups in total. The fourth-order valence-corrected chi connectivity index (χ4v) is 3.01. The van der Waals surface area contributed by atoms with Crippen molar-refractivity contribution in [2.24, 2.45) is 0 Å². The Balaban J connectivity index is 2.54. The lowest BCUT2D eigenvalue weighted by molar-refractivity contribution is 0.281. The first kappa shape index (κ1) is 15.0. The summed E-state index contributed by atoms with van der Waals surface area (Å²) in [4.78, 5) is 13.0. The van der Waals surface area contributed by atoms with E-state index in [0.29, 0.717) is 19.0 Å². The Bertz CT molecular complexity index is 567. The van der Waals surface area contributed by atoms with E-state index >= 15 is 0 Å². The molecule has 2 aromatic heterocycles. The van der Waals surface area contributed by atoms with Crippen LogP contribution < -0.4 is 10.2 Å². The zero-order valence-corrected chi connectivity index (χ0v) is 12.6. The smallest absolute Gasteiger partial charge is 0.225 e. The van der Waals surface area contributed by atoms with Gasteiger partial charge in [-0.25, -0.2) is 4.98 Å². The molecule has 2 aromatic rings. The van der Waals surface area contributed by atoms with Crippen molar-refractivity contribution in [2.75, 3.05) is 43.6 Å². The molecule has 2 rings (SSSR count). The number of anilines is 2. The number of hydrogen-bond acceptors (Lipinski definition) is 7. The monoisotopic (exact) mass is 296 g/mol. The van der Waals surface area contributed by atoms with Gasteiger partial charge in [-0.15, -0.1) is 11.3 Å². The number of nitrogens with one attached hydrogen (secondary N) is 1. The molecule has 20 heavy (non-hydrogen) atoms. The summed E-state index contributed by atoms with van der Waals surface area (Å²) in [6, 6.07) is 2.09. The zero-order chi connectivity index (χ0) is 14.5. The molecular formula is C13H20N4O2S. The molecule has 0 radical (unpaired) electrons. The highest BCUT2D eigenvalue weighted by atomic mass is 32.1. The lowest BCUT2D eigenvalue weighted by Gasteiger charge is -2.22. The predicted octanol–water partition coefficient (Wildman–Crippen LogP) is 1.09. The Morgan fingerprint density at radius 2 is 1.95 bits per heavy atom. The van der Waals surface area contributed by atoms with Crippen LogP contribution in [-0.2, 0) is 6.42 Å². The molecule has 6 nitrogen and oxygen atoms in total. The van der Waals surface area contributed by atoms with E-state index in [2.05, 4.69) is 28.3 Å². The largest absolute Gasteiger partial charge is 0.395 e. The first-order valence-electron chi connectivity index (χ1n) is 6.68. The summed E-state index contributed by atoms with van der Waals surface area (Å²) in [5.41, 5.74) is 0. The number of aliphatic hydroxyl groups excluding tert-OH is 2. The highest BCUT2D eigenvalue weighted by molar-refractivity contribution is 7.18. The van der Waals surface area contributed by atoms with Crippen LogP contribution in [0.4, 0.5) is 11.8 Å². The number of thiophene rings is 1. The highest BCUT2D eigenvalue weighted by Crippen LogP contribution is 2.32. The molecule has 2 heterocycles. The second-order valence-corrected chi connectivity index (χ2v) is 5.46. The third kappa shape index (κ3) is 3.00. The fraction of sp³-hybridized carbons (Fsp3) is 0.538. The van der Waals surface area contributed by atoms with Crippen LogP contribution >= 0.6 is 11.3 Å². The second kappa shape index (κ2) is 6.83. The topological polar surface area (TPSA) is 81.5 Å². The summed E-state index contributed by atoms with van der Waals surface area (Å²) < 4.78 is 0. The van der Waals surface area contributed by atoms with Crippen LogP contribution in [-0.4, -0.2) is 53.5 Å². The van der Waals surface area contributed by atoms with E-state index in [1.807, 2.05) is 4.90 Å². The normalized spacial score (nSPS) is 11.0. The molecule has 0 atom stereocenters. The van der Waals surface area contributed by atoms with Crippen molar-refractivity contribution < 1.29 is 10.2 Å². The molecule has 0 aromatic carbocycles. The SMILES string of the molecule is CCc1cc2c(N(CCO)CCO)nc(NC)nc2s1. The van der Waals surface area contributed by atoms with Crippen molar-refractivity contribution in [2.45, 2.75) is 13.3 Å². The van der Waals surface area contributed by atoms with E-state index in [-0.39, 0.29) is 13.2 Å². The number of fused-ring (bicyclic) bond motifs is 1. The first-order chi connectivity index (χ1) is 9.73. The van der Waals surface area contributed by atoms with Gasteiger partial charge in [0.25, 0.3) is 0 Å². The molecule has 0 unspecified atom stereocenters. The van der Waals surface area contributed by atoms with Crippen LogP contribution in [0, 0.1) is 0 Å². The van der Waals surface area contributed by atoms with E-state index in [1.54, 1.807) is 18.4 Å². The maximum atomic E-state index is 9.19. The third-order valence-electron chi connectivity index (χ3n) is 3.04. The number of nitrogens with zero attached hydrogens (tertiary/aromatic N) is 3. The molecule has 0 amide bonds. The van der Waals surface area contributed by atoms with E-state index in [4.69, 9.17) is 0 Å². The van der Waals surface area contributed by atoms with Crippen molar-refractivity contribution >= 4 is 33.3 Å². The standard InChI is InChI=1S/C13H20N4O2S/c1-3-9-8-10-11(17(4-6-18)5-7-19)15-13(14-2)16-12(10)20-9/h8,18-19H,3-7H2,1-2H3,(H,14,15,16). The predicted molar refractivity (Wildman–Crippen MR) is 82.7 cm³/mol. The zero-order valence-electron chi connectivity index (χ0n) is 11.8. The summed E-state index contributed by atoms with van der Waals surface area (Å²) in [5.74, 6) is 1.32. The Morgan fingerprint density at radius 1 is 1.25 bits per heavy atom. The molecule has 0 saturated carbocycles. The highest BCUT2D eigenvalue weighted by Gasteiger charge is 2.16.